The molecule has 0 bridgehead atoms. The number of rotatable bonds is 6. The van der Waals surface area contributed by atoms with Crippen LogP contribution >= 0.6 is 0 Å². The topological polar surface area (TPSA) is 119 Å². The van der Waals surface area contributed by atoms with Crippen molar-refractivity contribution in [2.24, 2.45) is 0 Å². The Morgan fingerprint density at radius 3 is 1.45 bits per heavy atom. The van der Waals surface area contributed by atoms with Gasteiger partial charge in [0.15, 0.2) is 0 Å². The van der Waals surface area contributed by atoms with Crippen LogP contribution in [-0.2, 0) is 0 Å². The fraction of sp³-hybridized carbons (Fsp3) is 0.0909. The van der Waals surface area contributed by atoms with Gasteiger partial charge in [-0.05, 0) is 0 Å². The van der Waals surface area contributed by atoms with Gasteiger partial charge in [0, 0.05) is 0 Å². The summed E-state index contributed by atoms with van der Waals surface area (Å²) in [7, 11) is 2.97. The van der Waals surface area contributed by atoms with Crippen molar-refractivity contribution in [3.63, 3.8) is 0 Å². The van der Waals surface area contributed by atoms with Crippen molar-refractivity contribution in [3.8, 4) is 33.8 Å². The molecule has 4 aromatic rings. The Morgan fingerprint density at radius 1 is 0.710 bits per heavy atom. The quantitative estimate of drug-likeness (QED) is 0.401. The van der Waals surface area contributed by atoms with E-state index < -0.39 is 11.9 Å². The van der Waals surface area contributed by atoms with E-state index >= 15 is 0 Å². The van der Waals surface area contributed by atoms with Crippen molar-refractivity contribution < 1.29 is 29.3 Å². The second-order valence-corrected chi connectivity index (χ2v) is 7.67. The number of aromatic nitrogens is 2. The Hall–Kier alpha value is -3.68. The van der Waals surface area contributed by atoms with E-state index in [2.05, 4.69) is 7.96 Å². The zero-order chi connectivity index (χ0) is 22.1. The van der Waals surface area contributed by atoms with Crippen LogP contribution in [0.25, 0.3) is 33.3 Å². The number of carbonyl (C=O) groups is 2. The Labute approximate surface area is 182 Å². The van der Waals surface area contributed by atoms with Gasteiger partial charge >= 0.3 is 183 Å². The first kappa shape index (κ1) is 20.6. The van der Waals surface area contributed by atoms with E-state index in [-0.39, 0.29) is 26.1 Å². The van der Waals surface area contributed by atoms with Crippen LogP contribution in [0, 0.1) is 0 Å². The van der Waals surface area contributed by atoms with Gasteiger partial charge < -0.3 is 0 Å². The van der Waals surface area contributed by atoms with E-state index in [1.54, 1.807) is 12.1 Å². The predicted molar refractivity (Wildman–Crippen MR) is 114 cm³/mol. The normalized spacial score (nSPS) is 10.8. The van der Waals surface area contributed by atoms with Crippen molar-refractivity contribution in [2.45, 2.75) is 0 Å². The third-order valence-electron chi connectivity index (χ3n) is 4.89. The standard InChI is InChI=1S/C22H16N2O6Se/c1-29-17-9-11(21(25)26)3-5-13(17)15-7-8-16(20-19(15)23-31-24-20)14-6-4-12(22(27)28)10-18(14)30-2/h3-10H,1-2H3,(H,25,26)(H,27,28). The van der Waals surface area contributed by atoms with Crippen LogP contribution in [0.4, 0.5) is 0 Å². The molecule has 0 aliphatic heterocycles. The molecule has 0 saturated carbocycles. The van der Waals surface area contributed by atoms with E-state index in [9.17, 15) is 19.8 Å². The van der Waals surface area contributed by atoms with Crippen LogP contribution in [0.2, 0.25) is 0 Å². The first-order chi connectivity index (χ1) is 14.9. The fourth-order valence-corrected chi connectivity index (χ4v) is 4.60. The van der Waals surface area contributed by atoms with Crippen LogP contribution < -0.4 is 9.47 Å². The molecule has 0 spiro atoms. The maximum absolute atomic E-state index is 11.3. The number of ether oxygens (including phenoxy) is 2. The summed E-state index contributed by atoms with van der Waals surface area (Å²) < 4.78 is 20.0. The summed E-state index contributed by atoms with van der Waals surface area (Å²) in [6.07, 6.45) is 0. The maximum atomic E-state index is 11.3. The summed E-state index contributed by atoms with van der Waals surface area (Å²) in [6, 6.07) is 13.1. The van der Waals surface area contributed by atoms with Gasteiger partial charge in [0.05, 0.1) is 0 Å². The van der Waals surface area contributed by atoms with Gasteiger partial charge in [-0.2, -0.15) is 0 Å². The number of carboxylic acids is 2. The molecule has 0 aliphatic rings. The predicted octanol–water partition coefficient (Wildman–Crippen LogP) is 3.43. The molecule has 4 rings (SSSR count). The zero-order valence-electron chi connectivity index (χ0n) is 16.4. The van der Waals surface area contributed by atoms with Crippen molar-refractivity contribution in [2.75, 3.05) is 14.2 Å². The number of methoxy groups -OCH3 is 2. The van der Waals surface area contributed by atoms with Crippen LogP contribution in [0.5, 0.6) is 11.5 Å². The molecule has 31 heavy (non-hydrogen) atoms. The van der Waals surface area contributed by atoms with Gasteiger partial charge in [-0.1, -0.05) is 0 Å². The molecule has 1 aromatic heterocycles. The Bertz CT molecular complexity index is 1230. The molecule has 0 unspecified atom stereocenters. The third kappa shape index (κ3) is 3.65. The fourth-order valence-electron chi connectivity index (χ4n) is 3.39. The number of benzene rings is 3. The summed E-state index contributed by atoms with van der Waals surface area (Å²) >= 11 is -0.338. The molecule has 0 aliphatic carbocycles. The van der Waals surface area contributed by atoms with E-state index in [0.29, 0.717) is 33.7 Å². The number of hydrogen-bond donors (Lipinski definition) is 2. The van der Waals surface area contributed by atoms with Gasteiger partial charge in [0.2, 0.25) is 0 Å². The summed E-state index contributed by atoms with van der Waals surface area (Å²) in [4.78, 5) is 22.6. The summed E-state index contributed by atoms with van der Waals surface area (Å²) in [5.74, 6) is -1.23. The number of carboxylic acid groups (broad SMARTS) is 2. The van der Waals surface area contributed by atoms with Crippen LogP contribution in [0.3, 0.4) is 0 Å². The van der Waals surface area contributed by atoms with E-state index in [1.807, 2.05) is 12.1 Å². The summed E-state index contributed by atoms with van der Waals surface area (Å²) in [5.41, 5.74) is 4.59. The SMILES string of the molecule is COc1cc(C(=O)O)ccc1-c1ccc(-c2ccc(C(=O)O)cc2OC)c2n[se]nc12. The van der Waals surface area contributed by atoms with Crippen molar-refractivity contribution >= 4 is 37.9 Å². The monoisotopic (exact) mass is 484 g/mol. The first-order valence-electron chi connectivity index (χ1n) is 9.03. The molecule has 0 radical (unpaired) electrons. The van der Waals surface area contributed by atoms with E-state index in [1.165, 1.54) is 38.5 Å². The molecular formula is C22H16N2O6Se. The van der Waals surface area contributed by atoms with E-state index in [4.69, 9.17) is 9.47 Å². The molecule has 3 aromatic carbocycles. The molecule has 9 heteroatoms. The third-order valence-corrected chi connectivity index (χ3v) is 6.00. The molecule has 2 N–H and O–H groups in total. The van der Waals surface area contributed by atoms with Crippen LogP contribution in [0.1, 0.15) is 20.7 Å². The summed E-state index contributed by atoms with van der Waals surface area (Å²) in [6.45, 7) is 0. The van der Waals surface area contributed by atoms with Crippen molar-refractivity contribution in [1.29, 1.82) is 0 Å². The van der Waals surface area contributed by atoms with Gasteiger partial charge in [0.25, 0.3) is 0 Å². The van der Waals surface area contributed by atoms with Crippen molar-refractivity contribution in [3.05, 3.63) is 59.7 Å². The molecular weight excluding hydrogens is 467 g/mol. The number of nitrogens with zero attached hydrogens (tertiary/aromatic N) is 2. The number of fused-ring (bicyclic) bond motifs is 1. The molecule has 0 atom stereocenters. The summed E-state index contributed by atoms with van der Waals surface area (Å²) in [5, 5.41) is 18.5. The van der Waals surface area contributed by atoms with E-state index in [0.717, 1.165) is 11.1 Å². The van der Waals surface area contributed by atoms with Crippen molar-refractivity contribution in [1.82, 2.24) is 7.96 Å². The molecule has 0 saturated heterocycles. The molecule has 156 valence electrons. The Kier molecular flexibility index (Phi) is 5.46. The van der Waals surface area contributed by atoms with Gasteiger partial charge in [-0.3, -0.25) is 0 Å². The number of hydrogen-bond acceptors (Lipinski definition) is 6. The van der Waals surface area contributed by atoms with Gasteiger partial charge in [0.1, 0.15) is 0 Å². The average Bonchev–Trinajstić information content (AvgIpc) is 3.27. The van der Waals surface area contributed by atoms with Crippen LogP contribution in [-0.4, -0.2) is 59.3 Å². The molecule has 1 heterocycles. The zero-order valence-corrected chi connectivity index (χ0v) is 18.2. The Balaban J connectivity index is 1.90. The molecule has 8 nitrogen and oxygen atoms in total. The second kappa shape index (κ2) is 8.22. The second-order valence-electron chi connectivity index (χ2n) is 6.56. The van der Waals surface area contributed by atoms with Crippen LogP contribution in [0.15, 0.2) is 48.5 Å². The molecule has 0 amide bonds. The average molecular weight is 483 g/mol. The number of aromatic carboxylic acids is 2. The minimum absolute atomic E-state index is 0.128. The minimum atomic E-state index is -1.04. The Morgan fingerprint density at radius 2 is 1.10 bits per heavy atom. The van der Waals surface area contributed by atoms with Gasteiger partial charge in [-0.15, -0.1) is 0 Å². The first-order valence-corrected chi connectivity index (χ1v) is 10.6. The van der Waals surface area contributed by atoms with Gasteiger partial charge in [-0.25, -0.2) is 0 Å². The molecule has 0 fully saturated rings.